The Kier molecular flexibility index (Phi) is 8.90. The second-order valence-corrected chi connectivity index (χ2v) is 9.10. The molecular formula is C30H35NO6. The Bertz CT molecular complexity index is 1180. The van der Waals surface area contributed by atoms with Crippen LogP contribution in [0, 0.1) is 5.92 Å². The van der Waals surface area contributed by atoms with Crippen LogP contribution in [0.15, 0.2) is 66.7 Å². The number of nitrogens with zero attached hydrogens (tertiary/aromatic N) is 1. The molecule has 3 aromatic carbocycles. The van der Waals surface area contributed by atoms with E-state index < -0.39 is 11.9 Å². The standard InChI is InChI=1S/C30H35NO6/c1-4-36-28-17-22(12-14-27(28)37-20-21-9-6-5-7-10-21)29(31-16-8-11-23(19-31)30(32)33)25-18-24(34-2)13-15-26(25)35-3/h5-7,9-10,12-15,17-18,23,29H,4,8,11,16,19-20H2,1-3H3,(H,32,33). The maximum atomic E-state index is 11.9. The van der Waals surface area contributed by atoms with Gasteiger partial charge in [-0.15, -0.1) is 0 Å². The largest absolute Gasteiger partial charge is 0.497 e. The second-order valence-electron chi connectivity index (χ2n) is 9.10. The van der Waals surface area contributed by atoms with Gasteiger partial charge in [-0.25, -0.2) is 0 Å². The Balaban J connectivity index is 1.75. The number of hydrogen-bond donors (Lipinski definition) is 1. The minimum atomic E-state index is -0.763. The number of benzene rings is 3. The molecular weight excluding hydrogens is 470 g/mol. The van der Waals surface area contributed by atoms with Crippen LogP contribution in [-0.4, -0.2) is 49.9 Å². The predicted molar refractivity (Wildman–Crippen MR) is 142 cm³/mol. The van der Waals surface area contributed by atoms with Gasteiger partial charge in [0.05, 0.1) is 32.8 Å². The fourth-order valence-electron chi connectivity index (χ4n) is 4.90. The van der Waals surface area contributed by atoms with E-state index in [0.29, 0.717) is 49.2 Å². The van der Waals surface area contributed by atoms with Gasteiger partial charge in [-0.3, -0.25) is 9.69 Å². The molecule has 0 spiro atoms. The highest BCUT2D eigenvalue weighted by molar-refractivity contribution is 5.70. The first-order chi connectivity index (χ1) is 18.0. The average molecular weight is 506 g/mol. The van der Waals surface area contributed by atoms with Gasteiger partial charge >= 0.3 is 5.97 Å². The van der Waals surface area contributed by atoms with E-state index in [1.54, 1.807) is 14.2 Å². The molecule has 4 rings (SSSR count). The fraction of sp³-hybridized carbons (Fsp3) is 0.367. The molecule has 1 N–H and O–H groups in total. The van der Waals surface area contributed by atoms with Gasteiger partial charge in [-0.2, -0.15) is 0 Å². The van der Waals surface area contributed by atoms with Crippen LogP contribution in [-0.2, 0) is 11.4 Å². The van der Waals surface area contributed by atoms with Crippen molar-refractivity contribution in [2.75, 3.05) is 33.9 Å². The van der Waals surface area contributed by atoms with Gasteiger partial charge in [0.25, 0.3) is 0 Å². The summed E-state index contributed by atoms with van der Waals surface area (Å²) in [5, 5.41) is 9.76. The zero-order valence-electron chi connectivity index (χ0n) is 21.7. The van der Waals surface area contributed by atoms with Gasteiger partial charge < -0.3 is 24.1 Å². The van der Waals surface area contributed by atoms with E-state index in [-0.39, 0.29) is 6.04 Å². The summed E-state index contributed by atoms with van der Waals surface area (Å²) in [4.78, 5) is 14.1. The van der Waals surface area contributed by atoms with Gasteiger partial charge in [-0.1, -0.05) is 36.4 Å². The molecule has 2 atom stereocenters. The van der Waals surface area contributed by atoms with Gasteiger partial charge in [0.2, 0.25) is 0 Å². The van der Waals surface area contributed by atoms with Crippen molar-refractivity contribution in [1.82, 2.24) is 4.90 Å². The van der Waals surface area contributed by atoms with E-state index in [2.05, 4.69) is 4.90 Å². The summed E-state index contributed by atoms with van der Waals surface area (Å²) in [5.41, 5.74) is 2.95. The topological polar surface area (TPSA) is 77.5 Å². The summed E-state index contributed by atoms with van der Waals surface area (Å²) in [5.74, 6) is 1.54. The number of carboxylic acids is 1. The minimum Gasteiger partial charge on any atom is -0.497 e. The maximum absolute atomic E-state index is 11.9. The molecule has 2 unspecified atom stereocenters. The highest BCUT2D eigenvalue weighted by Crippen LogP contribution is 2.41. The number of ether oxygens (including phenoxy) is 4. The van der Waals surface area contributed by atoms with Crippen molar-refractivity contribution in [2.45, 2.75) is 32.4 Å². The number of piperidine rings is 1. The first kappa shape index (κ1) is 26.4. The van der Waals surface area contributed by atoms with E-state index in [1.807, 2.05) is 73.7 Å². The number of carbonyl (C=O) groups is 1. The normalized spacial score (nSPS) is 16.6. The molecule has 1 aliphatic rings. The SMILES string of the molecule is CCOc1cc(C(c2cc(OC)ccc2OC)N2CCCC(C(=O)O)C2)ccc1OCc1ccccc1. The highest BCUT2D eigenvalue weighted by Gasteiger charge is 2.33. The van der Waals surface area contributed by atoms with Gasteiger partial charge in [-0.05, 0) is 67.8 Å². The summed E-state index contributed by atoms with van der Waals surface area (Å²) < 4.78 is 23.4. The quantitative estimate of drug-likeness (QED) is 0.365. The third kappa shape index (κ3) is 6.35. The smallest absolute Gasteiger partial charge is 0.307 e. The zero-order chi connectivity index (χ0) is 26.2. The van der Waals surface area contributed by atoms with Crippen LogP contribution in [0.3, 0.4) is 0 Å². The summed E-state index contributed by atoms with van der Waals surface area (Å²) in [7, 11) is 3.28. The van der Waals surface area contributed by atoms with Crippen molar-refractivity contribution in [2.24, 2.45) is 5.92 Å². The third-order valence-electron chi connectivity index (χ3n) is 6.72. The predicted octanol–water partition coefficient (Wildman–Crippen LogP) is 5.57. The van der Waals surface area contributed by atoms with Crippen LogP contribution in [0.25, 0.3) is 0 Å². The molecule has 1 aliphatic heterocycles. The molecule has 1 saturated heterocycles. The van der Waals surface area contributed by atoms with Crippen LogP contribution in [0.2, 0.25) is 0 Å². The van der Waals surface area contributed by atoms with Crippen LogP contribution < -0.4 is 18.9 Å². The van der Waals surface area contributed by atoms with E-state index in [0.717, 1.165) is 29.7 Å². The first-order valence-corrected chi connectivity index (χ1v) is 12.7. The number of likely N-dealkylation sites (tertiary alicyclic amines) is 1. The molecule has 0 amide bonds. The minimum absolute atomic E-state index is 0.255. The maximum Gasteiger partial charge on any atom is 0.307 e. The van der Waals surface area contributed by atoms with Crippen molar-refractivity contribution in [1.29, 1.82) is 0 Å². The Hall–Kier alpha value is -3.71. The van der Waals surface area contributed by atoms with Gasteiger partial charge in [0.1, 0.15) is 18.1 Å². The van der Waals surface area contributed by atoms with Crippen LogP contribution in [0.1, 0.15) is 42.5 Å². The van der Waals surface area contributed by atoms with E-state index in [4.69, 9.17) is 18.9 Å². The molecule has 7 nitrogen and oxygen atoms in total. The molecule has 0 bridgehead atoms. The Morgan fingerprint density at radius 2 is 1.76 bits per heavy atom. The molecule has 37 heavy (non-hydrogen) atoms. The Morgan fingerprint density at radius 3 is 2.46 bits per heavy atom. The molecule has 0 radical (unpaired) electrons. The van der Waals surface area contributed by atoms with Crippen LogP contribution in [0.5, 0.6) is 23.0 Å². The van der Waals surface area contributed by atoms with E-state index >= 15 is 0 Å². The monoisotopic (exact) mass is 505 g/mol. The molecule has 196 valence electrons. The van der Waals surface area contributed by atoms with Crippen molar-refractivity contribution < 1.29 is 28.8 Å². The van der Waals surface area contributed by atoms with Crippen LogP contribution in [0.4, 0.5) is 0 Å². The molecule has 3 aromatic rings. The van der Waals surface area contributed by atoms with E-state index in [1.165, 1.54) is 0 Å². The molecule has 0 aliphatic carbocycles. The summed E-state index contributed by atoms with van der Waals surface area (Å²) >= 11 is 0. The van der Waals surface area contributed by atoms with Gasteiger partial charge in [0, 0.05) is 12.1 Å². The zero-order valence-corrected chi connectivity index (χ0v) is 21.7. The molecule has 1 fully saturated rings. The van der Waals surface area contributed by atoms with Crippen molar-refractivity contribution in [3.63, 3.8) is 0 Å². The molecule has 7 heteroatoms. The first-order valence-electron chi connectivity index (χ1n) is 12.7. The Morgan fingerprint density at radius 1 is 0.973 bits per heavy atom. The fourth-order valence-corrected chi connectivity index (χ4v) is 4.90. The van der Waals surface area contributed by atoms with Crippen LogP contribution >= 0.6 is 0 Å². The lowest BCUT2D eigenvalue weighted by molar-refractivity contribution is -0.143. The number of aliphatic carboxylic acids is 1. The van der Waals surface area contributed by atoms with E-state index in [9.17, 15) is 9.90 Å². The van der Waals surface area contributed by atoms with Gasteiger partial charge in [0.15, 0.2) is 11.5 Å². The van der Waals surface area contributed by atoms with Crippen molar-refractivity contribution >= 4 is 5.97 Å². The second kappa shape index (κ2) is 12.5. The molecule has 1 heterocycles. The van der Waals surface area contributed by atoms with Crippen molar-refractivity contribution in [3.05, 3.63) is 83.4 Å². The van der Waals surface area contributed by atoms with Crippen molar-refractivity contribution in [3.8, 4) is 23.0 Å². The number of hydrogen-bond acceptors (Lipinski definition) is 6. The highest BCUT2D eigenvalue weighted by atomic mass is 16.5. The third-order valence-corrected chi connectivity index (χ3v) is 6.72. The summed E-state index contributed by atoms with van der Waals surface area (Å²) in [6.07, 6.45) is 1.47. The number of rotatable bonds is 11. The Labute approximate surface area is 218 Å². The molecule has 0 aromatic heterocycles. The summed E-state index contributed by atoms with van der Waals surface area (Å²) in [6, 6.07) is 21.4. The average Bonchev–Trinajstić information content (AvgIpc) is 2.93. The summed E-state index contributed by atoms with van der Waals surface area (Å²) in [6.45, 7) is 4.07. The molecule has 0 saturated carbocycles. The number of carboxylic acid groups (broad SMARTS) is 1. The lowest BCUT2D eigenvalue weighted by atomic mass is 9.90. The lowest BCUT2D eigenvalue weighted by Gasteiger charge is -2.38. The lowest BCUT2D eigenvalue weighted by Crippen LogP contribution is -2.41. The number of methoxy groups -OCH3 is 2.